The minimum absolute atomic E-state index is 0.0997. The molecule has 1 aromatic carbocycles. The summed E-state index contributed by atoms with van der Waals surface area (Å²) in [6.45, 7) is 8.31. The number of benzene rings is 1. The summed E-state index contributed by atoms with van der Waals surface area (Å²) in [7, 11) is 1.61. The molecule has 2 saturated heterocycles. The van der Waals surface area contributed by atoms with Gasteiger partial charge in [0.2, 0.25) is 5.91 Å². The largest absolute Gasteiger partial charge is 0.493 e. The van der Waals surface area contributed by atoms with Gasteiger partial charge in [-0.2, -0.15) is 0 Å². The van der Waals surface area contributed by atoms with Gasteiger partial charge in [0.15, 0.2) is 11.5 Å². The molecular formula is C22H30N2O3. The highest BCUT2D eigenvalue weighted by atomic mass is 16.5. The van der Waals surface area contributed by atoms with Gasteiger partial charge in [0, 0.05) is 25.2 Å². The van der Waals surface area contributed by atoms with Crippen LogP contribution in [0.2, 0.25) is 0 Å². The molecule has 3 rings (SSSR count). The van der Waals surface area contributed by atoms with Crippen molar-refractivity contribution in [2.24, 2.45) is 0 Å². The number of nitrogens with zero attached hydrogens (tertiary/aromatic N) is 2. The Morgan fingerprint density at radius 2 is 2.04 bits per heavy atom. The summed E-state index contributed by atoms with van der Waals surface area (Å²) in [6.07, 6.45) is 10.0. The number of hydrogen-bond donors (Lipinski definition) is 0. The molecule has 27 heavy (non-hydrogen) atoms. The summed E-state index contributed by atoms with van der Waals surface area (Å²) in [5, 5.41) is 0. The lowest BCUT2D eigenvalue weighted by atomic mass is 10.1. The first-order valence-corrected chi connectivity index (χ1v) is 9.84. The van der Waals surface area contributed by atoms with Crippen molar-refractivity contribution in [3.8, 4) is 11.5 Å². The second kappa shape index (κ2) is 9.60. The van der Waals surface area contributed by atoms with Crippen LogP contribution in [-0.2, 0) is 4.79 Å². The van der Waals surface area contributed by atoms with Crippen LogP contribution in [0, 0.1) is 0 Å². The van der Waals surface area contributed by atoms with Gasteiger partial charge in [0.25, 0.3) is 0 Å². The molecule has 0 N–H and O–H groups in total. The molecule has 5 nitrogen and oxygen atoms in total. The molecule has 0 aromatic heterocycles. The quantitative estimate of drug-likeness (QED) is 0.520. The first kappa shape index (κ1) is 19.5. The SMILES string of the molecule is C=CCOc1ccc(/C=C/C(=O)N2CCCC2CN2CCCC2)cc1OC. The average molecular weight is 370 g/mol. The Balaban J connectivity index is 1.62. The first-order valence-electron chi connectivity index (χ1n) is 9.84. The molecule has 2 heterocycles. The Hall–Kier alpha value is -2.27. The number of methoxy groups -OCH3 is 1. The first-order chi connectivity index (χ1) is 13.2. The van der Waals surface area contributed by atoms with Crippen LogP contribution >= 0.6 is 0 Å². The normalized spacial score (nSPS) is 20.3. The minimum atomic E-state index is 0.0997. The monoisotopic (exact) mass is 370 g/mol. The number of likely N-dealkylation sites (tertiary alicyclic amines) is 2. The summed E-state index contributed by atoms with van der Waals surface area (Å²) < 4.78 is 11.0. The maximum absolute atomic E-state index is 12.7. The highest BCUT2D eigenvalue weighted by molar-refractivity contribution is 5.92. The van der Waals surface area contributed by atoms with Crippen LogP contribution in [-0.4, -0.2) is 61.6 Å². The van der Waals surface area contributed by atoms with E-state index in [4.69, 9.17) is 9.47 Å². The highest BCUT2D eigenvalue weighted by Crippen LogP contribution is 2.29. The summed E-state index contributed by atoms with van der Waals surface area (Å²) in [6, 6.07) is 6.02. The third-order valence-corrected chi connectivity index (χ3v) is 5.29. The molecule has 1 atom stereocenters. The van der Waals surface area contributed by atoms with Gasteiger partial charge in [0.05, 0.1) is 7.11 Å². The lowest BCUT2D eigenvalue weighted by Crippen LogP contribution is -2.41. The molecule has 146 valence electrons. The minimum Gasteiger partial charge on any atom is -0.493 e. The molecule has 0 saturated carbocycles. The fourth-order valence-electron chi connectivity index (χ4n) is 3.90. The molecule has 1 amide bonds. The second-order valence-electron chi connectivity index (χ2n) is 7.18. The summed E-state index contributed by atoms with van der Waals surface area (Å²) in [5.74, 6) is 1.42. The third-order valence-electron chi connectivity index (χ3n) is 5.29. The van der Waals surface area contributed by atoms with Crippen LogP contribution in [0.3, 0.4) is 0 Å². The van der Waals surface area contributed by atoms with E-state index in [0.29, 0.717) is 24.1 Å². The van der Waals surface area contributed by atoms with Crippen molar-refractivity contribution in [1.82, 2.24) is 9.80 Å². The van der Waals surface area contributed by atoms with Gasteiger partial charge in [-0.25, -0.2) is 0 Å². The van der Waals surface area contributed by atoms with Crippen molar-refractivity contribution < 1.29 is 14.3 Å². The molecule has 0 aliphatic carbocycles. The van der Waals surface area contributed by atoms with Crippen molar-refractivity contribution >= 4 is 12.0 Å². The summed E-state index contributed by atoms with van der Waals surface area (Å²) in [5.41, 5.74) is 0.918. The van der Waals surface area contributed by atoms with E-state index < -0.39 is 0 Å². The van der Waals surface area contributed by atoms with Gasteiger partial charge < -0.3 is 19.3 Å². The van der Waals surface area contributed by atoms with E-state index in [-0.39, 0.29) is 5.91 Å². The molecule has 0 radical (unpaired) electrons. The van der Waals surface area contributed by atoms with Crippen molar-refractivity contribution in [1.29, 1.82) is 0 Å². The molecule has 2 aliphatic rings. The highest BCUT2D eigenvalue weighted by Gasteiger charge is 2.29. The number of carbonyl (C=O) groups is 1. The van der Waals surface area contributed by atoms with Gasteiger partial charge in [-0.15, -0.1) is 0 Å². The van der Waals surface area contributed by atoms with Crippen LogP contribution in [0.4, 0.5) is 0 Å². The van der Waals surface area contributed by atoms with E-state index in [1.807, 2.05) is 29.2 Å². The number of rotatable bonds is 8. The molecule has 1 aromatic rings. The van der Waals surface area contributed by atoms with Gasteiger partial charge in [-0.05, 0) is 62.5 Å². The zero-order valence-corrected chi connectivity index (χ0v) is 16.2. The zero-order chi connectivity index (χ0) is 19.1. The predicted molar refractivity (Wildman–Crippen MR) is 108 cm³/mol. The smallest absolute Gasteiger partial charge is 0.246 e. The van der Waals surface area contributed by atoms with Crippen LogP contribution in [0.15, 0.2) is 36.9 Å². The molecular weight excluding hydrogens is 340 g/mol. The van der Waals surface area contributed by atoms with E-state index in [1.165, 1.54) is 25.9 Å². The van der Waals surface area contributed by atoms with Gasteiger partial charge >= 0.3 is 0 Å². The van der Waals surface area contributed by atoms with Gasteiger partial charge in [-0.3, -0.25) is 4.79 Å². The van der Waals surface area contributed by atoms with Crippen molar-refractivity contribution in [3.63, 3.8) is 0 Å². The Morgan fingerprint density at radius 3 is 2.78 bits per heavy atom. The average Bonchev–Trinajstić information content (AvgIpc) is 3.37. The van der Waals surface area contributed by atoms with Crippen molar-refractivity contribution in [2.45, 2.75) is 31.7 Å². The van der Waals surface area contributed by atoms with Crippen LogP contribution in [0.1, 0.15) is 31.2 Å². The van der Waals surface area contributed by atoms with E-state index in [9.17, 15) is 4.79 Å². The van der Waals surface area contributed by atoms with E-state index in [2.05, 4.69) is 11.5 Å². The standard InChI is InChI=1S/C22H30N2O3/c1-3-15-27-20-10-8-18(16-21(20)26-2)9-11-22(25)24-14-6-7-19(24)17-23-12-4-5-13-23/h3,8-11,16,19H,1,4-7,12-15,17H2,2H3/b11-9+. The molecule has 2 aliphatic heterocycles. The maximum atomic E-state index is 12.7. The fourth-order valence-corrected chi connectivity index (χ4v) is 3.90. The Morgan fingerprint density at radius 1 is 1.22 bits per heavy atom. The predicted octanol–water partition coefficient (Wildman–Crippen LogP) is 3.36. The Bertz CT molecular complexity index is 680. The molecule has 0 spiro atoms. The summed E-state index contributed by atoms with van der Waals surface area (Å²) >= 11 is 0. The number of carbonyl (C=O) groups excluding carboxylic acids is 1. The van der Waals surface area contributed by atoms with Crippen molar-refractivity contribution in [2.75, 3.05) is 39.9 Å². The van der Waals surface area contributed by atoms with Crippen molar-refractivity contribution in [3.05, 3.63) is 42.5 Å². The van der Waals surface area contributed by atoms with E-state index in [1.54, 1.807) is 19.3 Å². The van der Waals surface area contributed by atoms with Crippen LogP contribution in [0.25, 0.3) is 6.08 Å². The fraction of sp³-hybridized carbons (Fsp3) is 0.500. The van der Waals surface area contributed by atoms with E-state index >= 15 is 0 Å². The lowest BCUT2D eigenvalue weighted by molar-refractivity contribution is -0.127. The maximum Gasteiger partial charge on any atom is 0.246 e. The topological polar surface area (TPSA) is 42.0 Å². The van der Waals surface area contributed by atoms with Gasteiger partial charge in [-0.1, -0.05) is 18.7 Å². The zero-order valence-electron chi connectivity index (χ0n) is 16.2. The van der Waals surface area contributed by atoms with Crippen LogP contribution in [0.5, 0.6) is 11.5 Å². The molecule has 5 heteroatoms. The summed E-state index contributed by atoms with van der Waals surface area (Å²) in [4.78, 5) is 17.2. The molecule has 2 fully saturated rings. The van der Waals surface area contributed by atoms with Gasteiger partial charge in [0.1, 0.15) is 6.61 Å². The van der Waals surface area contributed by atoms with E-state index in [0.717, 1.165) is 31.5 Å². The molecule has 1 unspecified atom stereocenters. The Kier molecular flexibility index (Phi) is 6.93. The second-order valence-corrected chi connectivity index (χ2v) is 7.18. The lowest BCUT2D eigenvalue weighted by Gasteiger charge is -2.27. The number of ether oxygens (including phenoxy) is 2. The number of amides is 1. The molecule has 0 bridgehead atoms. The van der Waals surface area contributed by atoms with Crippen LogP contribution < -0.4 is 9.47 Å². The number of hydrogen-bond acceptors (Lipinski definition) is 4. The third kappa shape index (κ3) is 5.13. The Labute approximate surface area is 162 Å².